The summed E-state index contributed by atoms with van der Waals surface area (Å²) in [7, 11) is 0. The van der Waals surface area contributed by atoms with Crippen LogP contribution >= 0.6 is 11.8 Å². The SMILES string of the molecule is O=C(NCCN1CCCCCC1)c1cccnc1Sc1ccccc1. The minimum atomic E-state index is -0.0404. The van der Waals surface area contributed by atoms with E-state index in [0.717, 1.165) is 29.6 Å². The van der Waals surface area contributed by atoms with E-state index >= 15 is 0 Å². The van der Waals surface area contributed by atoms with Crippen LogP contribution < -0.4 is 5.32 Å². The molecule has 1 aromatic carbocycles. The highest BCUT2D eigenvalue weighted by Gasteiger charge is 2.14. The number of carbonyl (C=O) groups excluding carboxylic acids is 1. The molecule has 1 aliphatic rings. The van der Waals surface area contributed by atoms with Crippen molar-refractivity contribution in [3.63, 3.8) is 0 Å². The van der Waals surface area contributed by atoms with Gasteiger partial charge in [-0.1, -0.05) is 42.8 Å². The highest BCUT2D eigenvalue weighted by atomic mass is 32.2. The molecule has 0 unspecified atom stereocenters. The number of aromatic nitrogens is 1. The molecule has 25 heavy (non-hydrogen) atoms. The summed E-state index contributed by atoms with van der Waals surface area (Å²) in [6.45, 7) is 3.91. The second kappa shape index (κ2) is 9.59. The maximum absolute atomic E-state index is 12.6. The van der Waals surface area contributed by atoms with Gasteiger partial charge >= 0.3 is 0 Å². The normalized spacial score (nSPS) is 15.5. The first-order valence-corrected chi connectivity index (χ1v) is 9.83. The number of nitrogens with zero attached hydrogens (tertiary/aromatic N) is 2. The van der Waals surface area contributed by atoms with Crippen LogP contribution in [0.2, 0.25) is 0 Å². The molecule has 0 radical (unpaired) electrons. The van der Waals surface area contributed by atoms with E-state index in [1.807, 2.05) is 42.5 Å². The molecule has 1 fully saturated rings. The Balaban J connectivity index is 1.56. The lowest BCUT2D eigenvalue weighted by Crippen LogP contribution is -2.35. The van der Waals surface area contributed by atoms with E-state index in [1.165, 1.54) is 37.4 Å². The Hall–Kier alpha value is -1.85. The smallest absolute Gasteiger partial charge is 0.254 e. The lowest BCUT2D eigenvalue weighted by Gasteiger charge is -2.19. The molecule has 0 bridgehead atoms. The number of likely N-dealkylation sites (tertiary alicyclic amines) is 1. The third-order valence-electron chi connectivity index (χ3n) is 4.39. The Labute approximate surface area is 154 Å². The third kappa shape index (κ3) is 5.58. The zero-order valence-electron chi connectivity index (χ0n) is 14.5. The first kappa shape index (κ1) is 18.0. The van der Waals surface area contributed by atoms with Gasteiger partial charge in [-0.2, -0.15) is 0 Å². The monoisotopic (exact) mass is 355 g/mol. The number of rotatable bonds is 6. The maximum atomic E-state index is 12.6. The van der Waals surface area contributed by atoms with Crippen molar-refractivity contribution in [3.05, 3.63) is 54.2 Å². The number of amides is 1. The molecule has 4 nitrogen and oxygen atoms in total. The molecule has 1 aromatic heterocycles. The Kier molecular flexibility index (Phi) is 6.89. The number of benzene rings is 1. The van der Waals surface area contributed by atoms with Gasteiger partial charge in [-0.15, -0.1) is 0 Å². The van der Waals surface area contributed by atoms with Crippen LogP contribution in [0, 0.1) is 0 Å². The van der Waals surface area contributed by atoms with Crippen molar-refractivity contribution in [1.82, 2.24) is 15.2 Å². The van der Waals surface area contributed by atoms with E-state index in [1.54, 1.807) is 6.20 Å². The maximum Gasteiger partial charge on any atom is 0.254 e. The highest BCUT2D eigenvalue weighted by molar-refractivity contribution is 7.99. The molecule has 0 spiro atoms. The molecule has 1 N–H and O–H groups in total. The molecular weight excluding hydrogens is 330 g/mol. The summed E-state index contributed by atoms with van der Waals surface area (Å²) in [5, 5.41) is 3.81. The lowest BCUT2D eigenvalue weighted by molar-refractivity contribution is 0.0945. The molecule has 0 atom stereocenters. The van der Waals surface area contributed by atoms with Gasteiger partial charge in [0.15, 0.2) is 0 Å². The van der Waals surface area contributed by atoms with Gasteiger partial charge in [-0.25, -0.2) is 4.98 Å². The van der Waals surface area contributed by atoms with Crippen LogP contribution in [-0.4, -0.2) is 42.0 Å². The summed E-state index contributed by atoms with van der Waals surface area (Å²) < 4.78 is 0. The minimum absolute atomic E-state index is 0.0404. The summed E-state index contributed by atoms with van der Waals surface area (Å²) in [5.41, 5.74) is 0.646. The fraction of sp³-hybridized carbons (Fsp3) is 0.400. The van der Waals surface area contributed by atoms with E-state index < -0.39 is 0 Å². The summed E-state index contributed by atoms with van der Waals surface area (Å²) in [6.07, 6.45) is 6.94. The third-order valence-corrected chi connectivity index (χ3v) is 5.41. The number of pyridine rings is 1. The van der Waals surface area contributed by atoms with E-state index in [9.17, 15) is 4.79 Å². The van der Waals surface area contributed by atoms with E-state index in [-0.39, 0.29) is 5.91 Å². The Morgan fingerprint density at radius 3 is 2.56 bits per heavy atom. The molecular formula is C20H25N3OS. The molecule has 1 saturated heterocycles. The predicted octanol–water partition coefficient (Wildman–Crippen LogP) is 3.84. The Morgan fingerprint density at radius 2 is 1.80 bits per heavy atom. The molecule has 2 aromatic rings. The standard InChI is InChI=1S/C20H25N3OS/c24-19(21-13-16-23-14-6-1-2-7-15-23)18-11-8-12-22-20(18)25-17-9-4-3-5-10-17/h3-5,8-12H,1-2,6-7,13-16H2,(H,21,24). The van der Waals surface area contributed by atoms with Crippen molar-refractivity contribution in [3.8, 4) is 0 Å². The predicted molar refractivity (Wildman–Crippen MR) is 102 cm³/mol. The molecule has 0 saturated carbocycles. The molecule has 2 heterocycles. The average molecular weight is 356 g/mol. The van der Waals surface area contributed by atoms with Crippen LogP contribution in [-0.2, 0) is 0 Å². The minimum Gasteiger partial charge on any atom is -0.351 e. The largest absolute Gasteiger partial charge is 0.351 e. The van der Waals surface area contributed by atoms with Gasteiger partial charge in [0.2, 0.25) is 0 Å². The average Bonchev–Trinajstić information content (AvgIpc) is 2.92. The van der Waals surface area contributed by atoms with Gasteiger partial charge in [0.05, 0.1) is 5.56 Å². The molecule has 1 amide bonds. The van der Waals surface area contributed by atoms with Crippen LogP contribution in [0.15, 0.2) is 58.6 Å². The van der Waals surface area contributed by atoms with Gasteiger partial charge in [-0.3, -0.25) is 4.79 Å². The van der Waals surface area contributed by atoms with Crippen LogP contribution in [0.3, 0.4) is 0 Å². The zero-order valence-corrected chi connectivity index (χ0v) is 15.3. The van der Waals surface area contributed by atoms with Crippen LogP contribution in [0.1, 0.15) is 36.0 Å². The molecule has 1 aliphatic heterocycles. The molecule has 5 heteroatoms. The van der Waals surface area contributed by atoms with Crippen LogP contribution in [0.5, 0.6) is 0 Å². The van der Waals surface area contributed by atoms with Gasteiger partial charge < -0.3 is 10.2 Å². The Bertz CT molecular complexity index is 670. The van der Waals surface area contributed by atoms with Crippen molar-refractivity contribution < 1.29 is 4.79 Å². The first-order valence-electron chi connectivity index (χ1n) is 9.01. The second-order valence-corrected chi connectivity index (χ2v) is 7.35. The van der Waals surface area contributed by atoms with Crippen molar-refractivity contribution in [1.29, 1.82) is 0 Å². The topological polar surface area (TPSA) is 45.2 Å². The summed E-state index contributed by atoms with van der Waals surface area (Å²) in [6, 6.07) is 13.7. The van der Waals surface area contributed by atoms with Crippen molar-refractivity contribution in [2.75, 3.05) is 26.2 Å². The fourth-order valence-corrected chi connectivity index (χ4v) is 3.93. The van der Waals surface area contributed by atoms with E-state index in [2.05, 4.69) is 15.2 Å². The van der Waals surface area contributed by atoms with Gasteiger partial charge in [-0.05, 0) is 50.2 Å². The van der Waals surface area contributed by atoms with Crippen molar-refractivity contribution >= 4 is 17.7 Å². The van der Waals surface area contributed by atoms with Gasteiger partial charge in [0.1, 0.15) is 5.03 Å². The first-order chi connectivity index (χ1) is 12.3. The number of hydrogen-bond donors (Lipinski definition) is 1. The second-order valence-electron chi connectivity index (χ2n) is 6.28. The lowest BCUT2D eigenvalue weighted by atomic mass is 10.2. The number of hydrogen-bond acceptors (Lipinski definition) is 4. The van der Waals surface area contributed by atoms with Crippen molar-refractivity contribution in [2.45, 2.75) is 35.6 Å². The fourth-order valence-electron chi connectivity index (χ4n) is 3.03. The van der Waals surface area contributed by atoms with Gasteiger partial charge in [0, 0.05) is 24.2 Å². The summed E-state index contributed by atoms with van der Waals surface area (Å²) >= 11 is 1.52. The molecule has 132 valence electrons. The zero-order chi connectivity index (χ0) is 17.3. The van der Waals surface area contributed by atoms with Crippen molar-refractivity contribution in [2.24, 2.45) is 0 Å². The van der Waals surface area contributed by atoms with Gasteiger partial charge in [0.25, 0.3) is 5.91 Å². The highest BCUT2D eigenvalue weighted by Crippen LogP contribution is 2.28. The molecule has 0 aliphatic carbocycles. The Morgan fingerprint density at radius 1 is 1.04 bits per heavy atom. The van der Waals surface area contributed by atoms with E-state index in [0.29, 0.717) is 12.1 Å². The summed E-state index contributed by atoms with van der Waals surface area (Å²) in [5.74, 6) is -0.0404. The van der Waals surface area contributed by atoms with Crippen LogP contribution in [0.25, 0.3) is 0 Å². The molecule has 3 rings (SSSR count). The quantitative estimate of drug-likeness (QED) is 0.855. The summed E-state index contributed by atoms with van der Waals surface area (Å²) in [4.78, 5) is 20.5. The van der Waals surface area contributed by atoms with E-state index in [4.69, 9.17) is 0 Å². The number of nitrogens with one attached hydrogen (secondary N) is 1. The van der Waals surface area contributed by atoms with Crippen LogP contribution in [0.4, 0.5) is 0 Å². The number of carbonyl (C=O) groups is 1.